The molecular formula is C18H15NO2. The molecule has 0 unspecified atom stereocenters. The summed E-state index contributed by atoms with van der Waals surface area (Å²) >= 11 is 0. The molecule has 1 aromatic heterocycles. The van der Waals surface area contributed by atoms with Crippen LogP contribution in [0.5, 0.6) is 0 Å². The lowest BCUT2D eigenvalue weighted by atomic mass is 9.99. The van der Waals surface area contributed by atoms with E-state index in [4.69, 9.17) is 0 Å². The molecule has 0 N–H and O–H groups in total. The highest BCUT2D eigenvalue weighted by Gasteiger charge is 2.17. The topological polar surface area (TPSA) is 39.1 Å². The molecule has 3 heteroatoms. The maximum Gasteiger partial charge on any atom is 0.210 e. The summed E-state index contributed by atoms with van der Waals surface area (Å²) in [6, 6.07) is 15.1. The molecule has 3 nitrogen and oxygen atoms in total. The molecule has 3 rings (SSSR count). The van der Waals surface area contributed by atoms with Crippen LogP contribution in [0.3, 0.4) is 0 Å². The normalized spacial score (nSPS) is 10.8. The molecule has 0 aliphatic heterocycles. The Morgan fingerprint density at radius 3 is 2.43 bits per heavy atom. The van der Waals surface area contributed by atoms with Gasteiger partial charge >= 0.3 is 0 Å². The Balaban J connectivity index is 2.15. The van der Waals surface area contributed by atoms with E-state index < -0.39 is 0 Å². The molecule has 0 saturated heterocycles. The number of carbonyl (C=O) groups is 2. The Hall–Kier alpha value is -2.68. The second-order valence-electron chi connectivity index (χ2n) is 5.14. The standard InChI is InChI=1S/C18H15NO2/c1-12(20)14-10-17(19(2)11-14)18(21)16-9-5-7-13-6-3-4-8-15(13)16/h3-11H,1-2H3. The maximum atomic E-state index is 12.8. The third-order valence-corrected chi connectivity index (χ3v) is 3.68. The number of hydrogen-bond acceptors (Lipinski definition) is 2. The predicted octanol–water partition coefficient (Wildman–Crippen LogP) is 3.61. The molecule has 0 radical (unpaired) electrons. The van der Waals surface area contributed by atoms with Crippen LogP contribution < -0.4 is 0 Å². The van der Waals surface area contributed by atoms with Crippen molar-refractivity contribution < 1.29 is 9.59 Å². The molecule has 2 aromatic carbocycles. The maximum absolute atomic E-state index is 12.8. The van der Waals surface area contributed by atoms with E-state index in [2.05, 4.69) is 0 Å². The lowest BCUT2D eigenvalue weighted by molar-refractivity contribution is 0.101. The van der Waals surface area contributed by atoms with Gasteiger partial charge in [0.25, 0.3) is 0 Å². The molecule has 0 spiro atoms. The Morgan fingerprint density at radius 2 is 1.71 bits per heavy atom. The zero-order valence-corrected chi connectivity index (χ0v) is 12.0. The zero-order valence-electron chi connectivity index (χ0n) is 12.0. The van der Waals surface area contributed by atoms with Gasteiger partial charge in [0.15, 0.2) is 5.78 Å². The van der Waals surface area contributed by atoms with Crippen molar-refractivity contribution in [2.75, 3.05) is 0 Å². The van der Waals surface area contributed by atoms with Crippen molar-refractivity contribution in [3.63, 3.8) is 0 Å². The quantitative estimate of drug-likeness (QED) is 0.686. The number of ketones is 2. The zero-order chi connectivity index (χ0) is 15.0. The van der Waals surface area contributed by atoms with Gasteiger partial charge in [-0.2, -0.15) is 0 Å². The first-order valence-corrected chi connectivity index (χ1v) is 6.77. The first kappa shape index (κ1) is 13.3. The van der Waals surface area contributed by atoms with E-state index in [1.807, 2.05) is 42.5 Å². The van der Waals surface area contributed by atoms with Crippen molar-refractivity contribution in [1.82, 2.24) is 4.57 Å². The van der Waals surface area contributed by atoms with E-state index in [1.54, 1.807) is 23.9 Å². The van der Waals surface area contributed by atoms with Crippen LogP contribution in [0.25, 0.3) is 10.8 Å². The van der Waals surface area contributed by atoms with Crippen LogP contribution in [0.4, 0.5) is 0 Å². The highest BCUT2D eigenvalue weighted by atomic mass is 16.1. The fraction of sp³-hybridized carbons (Fsp3) is 0.111. The lowest BCUT2D eigenvalue weighted by Crippen LogP contribution is -2.07. The monoisotopic (exact) mass is 277 g/mol. The van der Waals surface area contributed by atoms with Gasteiger partial charge in [0.2, 0.25) is 5.78 Å². The smallest absolute Gasteiger partial charge is 0.210 e. The highest BCUT2D eigenvalue weighted by molar-refractivity contribution is 6.16. The molecule has 0 aliphatic carbocycles. The number of aryl methyl sites for hydroxylation is 1. The van der Waals surface area contributed by atoms with Gasteiger partial charge in [-0.05, 0) is 23.8 Å². The fourth-order valence-electron chi connectivity index (χ4n) is 2.54. The second kappa shape index (κ2) is 5.02. The summed E-state index contributed by atoms with van der Waals surface area (Å²) in [6.45, 7) is 1.50. The Morgan fingerprint density at radius 1 is 1.00 bits per heavy atom. The van der Waals surface area contributed by atoms with Crippen molar-refractivity contribution in [3.8, 4) is 0 Å². The van der Waals surface area contributed by atoms with Gasteiger partial charge in [-0.15, -0.1) is 0 Å². The summed E-state index contributed by atoms with van der Waals surface area (Å²) in [4.78, 5) is 24.2. The Bertz CT molecular complexity index is 853. The van der Waals surface area contributed by atoms with Crippen LogP contribution >= 0.6 is 0 Å². The molecule has 0 aliphatic rings. The first-order chi connectivity index (χ1) is 10.1. The summed E-state index contributed by atoms with van der Waals surface area (Å²) in [5.41, 5.74) is 1.74. The number of hydrogen-bond donors (Lipinski definition) is 0. The Kier molecular flexibility index (Phi) is 3.18. The van der Waals surface area contributed by atoms with Gasteiger partial charge in [-0.25, -0.2) is 0 Å². The summed E-state index contributed by atoms with van der Waals surface area (Å²) in [5.74, 6) is -0.107. The lowest BCUT2D eigenvalue weighted by Gasteiger charge is -2.06. The number of nitrogens with zero attached hydrogens (tertiary/aromatic N) is 1. The summed E-state index contributed by atoms with van der Waals surface area (Å²) in [6.07, 6.45) is 1.70. The van der Waals surface area contributed by atoms with Crippen LogP contribution in [0.15, 0.2) is 54.7 Å². The number of carbonyl (C=O) groups excluding carboxylic acids is 2. The van der Waals surface area contributed by atoms with Gasteiger partial charge in [-0.3, -0.25) is 9.59 Å². The van der Waals surface area contributed by atoms with Crippen LogP contribution in [0, 0.1) is 0 Å². The molecular weight excluding hydrogens is 262 g/mol. The SMILES string of the molecule is CC(=O)c1cc(C(=O)c2cccc3ccccc23)n(C)c1. The van der Waals surface area contributed by atoms with E-state index in [1.165, 1.54) is 6.92 Å². The second-order valence-corrected chi connectivity index (χ2v) is 5.14. The first-order valence-electron chi connectivity index (χ1n) is 6.77. The molecule has 0 amide bonds. The van der Waals surface area contributed by atoms with Crippen LogP contribution in [-0.2, 0) is 7.05 Å². The van der Waals surface area contributed by atoms with Crippen molar-refractivity contribution >= 4 is 22.3 Å². The largest absolute Gasteiger partial charge is 0.347 e. The molecule has 0 bridgehead atoms. The van der Waals surface area contributed by atoms with Gasteiger partial charge in [0, 0.05) is 24.4 Å². The molecule has 0 fully saturated rings. The molecule has 104 valence electrons. The summed E-state index contributed by atoms with van der Waals surface area (Å²) in [7, 11) is 1.78. The molecule has 1 heterocycles. The van der Waals surface area contributed by atoms with E-state index in [9.17, 15) is 9.59 Å². The van der Waals surface area contributed by atoms with Crippen molar-refractivity contribution in [2.45, 2.75) is 6.92 Å². The van der Waals surface area contributed by atoms with Crippen LogP contribution in [0.1, 0.15) is 33.3 Å². The van der Waals surface area contributed by atoms with Gasteiger partial charge in [-0.1, -0.05) is 42.5 Å². The molecule has 3 aromatic rings. The Labute approximate surface area is 122 Å². The minimum Gasteiger partial charge on any atom is -0.347 e. The minimum atomic E-state index is -0.0678. The van der Waals surface area contributed by atoms with Gasteiger partial charge < -0.3 is 4.57 Å². The fourth-order valence-corrected chi connectivity index (χ4v) is 2.54. The molecule has 0 saturated carbocycles. The van der Waals surface area contributed by atoms with Crippen LogP contribution in [-0.4, -0.2) is 16.1 Å². The number of rotatable bonds is 3. The van der Waals surface area contributed by atoms with Crippen LogP contribution in [0.2, 0.25) is 0 Å². The van der Waals surface area contributed by atoms with Gasteiger partial charge in [0.1, 0.15) is 0 Å². The third kappa shape index (κ3) is 2.27. The minimum absolute atomic E-state index is 0.0393. The third-order valence-electron chi connectivity index (χ3n) is 3.68. The predicted molar refractivity (Wildman–Crippen MR) is 82.8 cm³/mol. The highest BCUT2D eigenvalue weighted by Crippen LogP contribution is 2.22. The number of benzene rings is 2. The van der Waals surface area contributed by atoms with E-state index in [0.717, 1.165) is 10.8 Å². The molecule has 0 atom stereocenters. The van der Waals surface area contributed by atoms with Crippen molar-refractivity contribution in [3.05, 3.63) is 71.5 Å². The summed E-state index contributed by atoms with van der Waals surface area (Å²) < 4.78 is 1.71. The number of aromatic nitrogens is 1. The van der Waals surface area contributed by atoms with E-state index in [0.29, 0.717) is 16.8 Å². The van der Waals surface area contributed by atoms with Crippen molar-refractivity contribution in [2.24, 2.45) is 7.05 Å². The van der Waals surface area contributed by atoms with E-state index in [-0.39, 0.29) is 11.6 Å². The number of fused-ring (bicyclic) bond motifs is 1. The summed E-state index contributed by atoms with van der Waals surface area (Å²) in [5, 5.41) is 1.96. The molecule has 21 heavy (non-hydrogen) atoms. The van der Waals surface area contributed by atoms with E-state index >= 15 is 0 Å². The van der Waals surface area contributed by atoms with Gasteiger partial charge in [0.05, 0.1) is 5.69 Å². The number of Topliss-reactive ketones (excluding diaryl/α,β-unsaturated/α-hetero) is 1. The van der Waals surface area contributed by atoms with Crippen molar-refractivity contribution in [1.29, 1.82) is 0 Å². The average molecular weight is 277 g/mol. The average Bonchev–Trinajstić information content (AvgIpc) is 2.88.